The first-order valence-electron chi connectivity index (χ1n) is 5.65. The fourth-order valence-corrected chi connectivity index (χ4v) is 1.99. The zero-order valence-electron chi connectivity index (χ0n) is 9.86. The summed E-state index contributed by atoms with van der Waals surface area (Å²) in [4.78, 5) is 15.7. The average molecular weight is 220 g/mol. The largest absolute Gasteiger partial charge is 0.443 e. The normalized spacial score (nSPS) is 11.5. The van der Waals surface area contributed by atoms with Gasteiger partial charge < -0.3 is 4.42 Å². The van der Waals surface area contributed by atoms with Crippen LogP contribution in [-0.4, -0.2) is 9.55 Å². The lowest BCUT2D eigenvalue weighted by Gasteiger charge is -2.14. The van der Waals surface area contributed by atoms with E-state index in [4.69, 9.17) is 4.42 Å². The Balaban J connectivity index is 2.61. The summed E-state index contributed by atoms with van der Waals surface area (Å²) in [5.41, 5.74) is 0.209. The lowest BCUT2D eigenvalue weighted by atomic mass is 10.1. The number of fused-ring (bicyclic) bond motifs is 1. The summed E-state index contributed by atoms with van der Waals surface area (Å²) >= 11 is 0. The quantitative estimate of drug-likeness (QED) is 0.799. The van der Waals surface area contributed by atoms with E-state index in [0.29, 0.717) is 5.71 Å². The minimum absolute atomic E-state index is 0.222. The van der Waals surface area contributed by atoms with Crippen LogP contribution in [-0.2, 0) is 0 Å². The zero-order valence-corrected chi connectivity index (χ0v) is 9.86. The molecule has 0 fully saturated rings. The van der Waals surface area contributed by atoms with Gasteiger partial charge in [0.25, 0.3) is 0 Å². The average Bonchev–Trinajstić information content (AvgIpc) is 2.59. The number of furan rings is 1. The van der Waals surface area contributed by atoms with Gasteiger partial charge >= 0.3 is 5.69 Å². The van der Waals surface area contributed by atoms with E-state index >= 15 is 0 Å². The SMILES string of the molecule is CCC(CC)n1cc2cc(C)oc2nc1=O. The number of aryl methyl sites for hydroxylation is 1. The van der Waals surface area contributed by atoms with Gasteiger partial charge in [0.1, 0.15) is 5.76 Å². The van der Waals surface area contributed by atoms with Crippen LogP contribution in [0.25, 0.3) is 11.1 Å². The lowest BCUT2D eigenvalue weighted by molar-refractivity contribution is 0.450. The minimum Gasteiger partial charge on any atom is -0.443 e. The molecule has 0 saturated heterocycles. The Morgan fingerprint density at radius 2 is 2.12 bits per heavy atom. The van der Waals surface area contributed by atoms with Crippen molar-refractivity contribution in [3.63, 3.8) is 0 Å². The molecule has 0 saturated carbocycles. The maximum atomic E-state index is 11.8. The van der Waals surface area contributed by atoms with E-state index in [-0.39, 0.29) is 11.7 Å². The van der Waals surface area contributed by atoms with Crippen molar-refractivity contribution < 1.29 is 4.42 Å². The zero-order chi connectivity index (χ0) is 11.7. The first kappa shape index (κ1) is 10.9. The van der Waals surface area contributed by atoms with Crippen LogP contribution in [0.15, 0.2) is 21.5 Å². The van der Waals surface area contributed by atoms with Crippen LogP contribution in [0.4, 0.5) is 0 Å². The van der Waals surface area contributed by atoms with Crippen LogP contribution in [0.5, 0.6) is 0 Å². The Hall–Kier alpha value is -1.58. The maximum Gasteiger partial charge on any atom is 0.351 e. The lowest BCUT2D eigenvalue weighted by Crippen LogP contribution is -2.25. The van der Waals surface area contributed by atoms with E-state index in [1.165, 1.54) is 0 Å². The molecule has 2 aromatic heterocycles. The molecule has 0 atom stereocenters. The molecule has 0 radical (unpaired) electrons. The Bertz CT molecular complexity index is 550. The Morgan fingerprint density at radius 3 is 2.75 bits per heavy atom. The molecule has 0 amide bonds. The van der Waals surface area contributed by atoms with Gasteiger partial charge in [0.2, 0.25) is 5.71 Å². The molecular formula is C12H16N2O2. The molecule has 0 unspecified atom stereocenters. The number of hydrogen-bond donors (Lipinski definition) is 0. The van der Waals surface area contributed by atoms with Crippen LogP contribution in [0.3, 0.4) is 0 Å². The van der Waals surface area contributed by atoms with Gasteiger partial charge in [0, 0.05) is 12.2 Å². The van der Waals surface area contributed by atoms with E-state index in [1.807, 2.05) is 19.2 Å². The van der Waals surface area contributed by atoms with E-state index in [1.54, 1.807) is 4.57 Å². The fraction of sp³-hybridized carbons (Fsp3) is 0.500. The van der Waals surface area contributed by atoms with E-state index in [9.17, 15) is 4.79 Å². The Morgan fingerprint density at radius 1 is 1.44 bits per heavy atom. The van der Waals surface area contributed by atoms with Crippen molar-refractivity contribution in [1.29, 1.82) is 0 Å². The van der Waals surface area contributed by atoms with Crippen molar-refractivity contribution in [1.82, 2.24) is 9.55 Å². The molecule has 0 aliphatic rings. The van der Waals surface area contributed by atoms with Crippen LogP contribution < -0.4 is 5.69 Å². The van der Waals surface area contributed by atoms with Crippen LogP contribution in [0.2, 0.25) is 0 Å². The summed E-state index contributed by atoms with van der Waals surface area (Å²) in [6, 6.07) is 2.13. The third kappa shape index (κ3) is 1.75. The van der Waals surface area contributed by atoms with Crippen molar-refractivity contribution in [2.24, 2.45) is 0 Å². The summed E-state index contributed by atoms with van der Waals surface area (Å²) in [5.74, 6) is 0.782. The van der Waals surface area contributed by atoms with Gasteiger partial charge in [-0.25, -0.2) is 4.79 Å². The maximum absolute atomic E-state index is 11.8. The summed E-state index contributed by atoms with van der Waals surface area (Å²) in [5, 5.41) is 0.893. The van der Waals surface area contributed by atoms with E-state index < -0.39 is 0 Å². The molecule has 0 spiro atoms. The highest BCUT2D eigenvalue weighted by Crippen LogP contribution is 2.18. The van der Waals surface area contributed by atoms with Gasteiger partial charge in [-0.05, 0) is 25.8 Å². The summed E-state index contributed by atoms with van der Waals surface area (Å²) in [6.45, 7) is 6.00. The number of rotatable bonds is 3. The highest BCUT2D eigenvalue weighted by Gasteiger charge is 2.11. The molecule has 4 heteroatoms. The van der Waals surface area contributed by atoms with Gasteiger partial charge in [0.05, 0.1) is 5.39 Å². The second-order valence-electron chi connectivity index (χ2n) is 4.02. The van der Waals surface area contributed by atoms with Crippen LogP contribution in [0, 0.1) is 6.92 Å². The monoisotopic (exact) mass is 220 g/mol. The van der Waals surface area contributed by atoms with Crippen molar-refractivity contribution in [3.05, 3.63) is 28.5 Å². The highest BCUT2D eigenvalue weighted by molar-refractivity contribution is 5.72. The third-order valence-corrected chi connectivity index (χ3v) is 2.90. The van der Waals surface area contributed by atoms with Crippen molar-refractivity contribution in [2.45, 2.75) is 39.7 Å². The van der Waals surface area contributed by atoms with Gasteiger partial charge in [-0.1, -0.05) is 13.8 Å². The predicted octanol–water partition coefficient (Wildman–Crippen LogP) is 2.66. The Labute approximate surface area is 93.9 Å². The van der Waals surface area contributed by atoms with Gasteiger partial charge in [-0.3, -0.25) is 4.57 Å². The molecule has 2 heterocycles. The topological polar surface area (TPSA) is 48.0 Å². The van der Waals surface area contributed by atoms with E-state index in [0.717, 1.165) is 24.0 Å². The third-order valence-electron chi connectivity index (χ3n) is 2.90. The molecule has 2 aromatic rings. The molecular weight excluding hydrogens is 204 g/mol. The molecule has 0 bridgehead atoms. The number of hydrogen-bond acceptors (Lipinski definition) is 3. The van der Waals surface area contributed by atoms with Crippen LogP contribution >= 0.6 is 0 Å². The Kier molecular flexibility index (Phi) is 2.81. The molecule has 0 aromatic carbocycles. The van der Waals surface area contributed by atoms with Crippen molar-refractivity contribution >= 4 is 11.1 Å². The number of nitrogens with zero attached hydrogens (tertiary/aromatic N) is 2. The molecule has 4 nitrogen and oxygen atoms in total. The second-order valence-corrected chi connectivity index (χ2v) is 4.02. The van der Waals surface area contributed by atoms with Crippen molar-refractivity contribution in [3.8, 4) is 0 Å². The highest BCUT2D eigenvalue weighted by atomic mass is 16.3. The summed E-state index contributed by atoms with van der Waals surface area (Å²) in [7, 11) is 0. The smallest absolute Gasteiger partial charge is 0.351 e. The van der Waals surface area contributed by atoms with Crippen LogP contribution in [0.1, 0.15) is 38.5 Å². The molecule has 0 aliphatic heterocycles. The second kappa shape index (κ2) is 4.12. The minimum atomic E-state index is -0.226. The standard InChI is InChI=1S/C12H16N2O2/c1-4-10(5-2)14-7-9-6-8(3)16-11(9)13-12(14)15/h6-7,10H,4-5H2,1-3H3. The predicted molar refractivity (Wildman–Crippen MR) is 62.6 cm³/mol. The van der Waals surface area contributed by atoms with Gasteiger partial charge in [-0.2, -0.15) is 4.98 Å². The summed E-state index contributed by atoms with van der Waals surface area (Å²) in [6.07, 6.45) is 3.71. The van der Waals surface area contributed by atoms with Crippen molar-refractivity contribution in [2.75, 3.05) is 0 Å². The fourth-order valence-electron chi connectivity index (χ4n) is 1.99. The molecule has 0 aliphatic carbocycles. The van der Waals surface area contributed by atoms with E-state index in [2.05, 4.69) is 18.8 Å². The van der Waals surface area contributed by atoms with Gasteiger partial charge in [0.15, 0.2) is 0 Å². The summed E-state index contributed by atoms with van der Waals surface area (Å²) < 4.78 is 7.03. The molecule has 2 rings (SSSR count). The first-order valence-corrected chi connectivity index (χ1v) is 5.65. The first-order chi connectivity index (χ1) is 7.65. The molecule has 86 valence electrons. The number of aromatic nitrogens is 2. The molecule has 0 N–H and O–H groups in total. The molecule has 16 heavy (non-hydrogen) atoms. The van der Waals surface area contributed by atoms with Gasteiger partial charge in [-0.15, -0.1) is 0 Å².